The number of nitrogens with one attached hydrogen (secondary N) is 1. The lowest BCUT2D eigenvalue weighted by Crippen LogP contribution is -2.18. The third kappa shape index (κ3) is 5.95. The van der Waals surface area contributed by atoms with Gasteiger partial charge in [0.25, 0.3) is 0 Å². The van der Waals surface area contributed by atoms with Crippen molar-refractivity contribution >= 4 is 17.7 Å². The van der Waals surface area contributed by atoms with Crippen LogP contribution >= 0.6 is 11.8 Å². The Balaban J connectivity index is 2.31. The number of carbonyl (C=O) groups excluding carboxylic acids is 1. The maximum atomic E-state index is 10.9. The average molecular weight is 271 g/mol. The van der Waals surface area contributed by atoms with Gasteiger partial charge >= 0.3 is 5.97 Å². The first-order chi connectivity index (χ1) is 8.76. The van der Waals surface area contributed by atoms with Crippen molar-refractivity contribution in [2.45, 2.75) is 11.7 Å². The second kappa shape index (κ2) is 8.84. The summed E-state index contributed by atoms with van der Waals surface area (Å²) in [5.74, 6) is -0.0593. The van der Waals surface area contributed by atoms with Crippen molar-refractivity contribution < 1.29 is 14.3 Å². The Morgan fingerprint density at radius 1 is 1.39 bits per heavy atom. The minimum absolute atomic E-state index is 0.224. The molecule has 0 amide bonds. The average Bonchev–Trinajstić information content (AvgIpc) is 2.42. The summed E-state index contributed by atoms with van der Waals surface area (Å²) >= 11 is 1.26. The maximum Gasteiger partial charge on any atom is 0.316 e. The van der Waals surface area contributed by atoms with E-state index in [9.17, 15) is 4.79 Å². The first kappa shape index (κ1) is 14.9. The number of carbonyl (C=O) groups is 1. The van der Waals surface area contributed by atoms with Gasteiger partial charge in [0.1, 0.15) is 0 Å². The highest BCUT2D eigenvalue weighted by molar-refractivity contribution is 7.99. The third-order valence-electron chi connectivity index (χ3n) is 2.04. The van der Waals surface area contributed by atoms with E-state index >= 15 is 0 Å². The van der Waals surface area contributed by atoms with Crippen molar-refractivity contribution in [1.29, 1.82) is 0 Å². The molecule has 0 radical (unpaired) electrons. The van der Waals surface area contributed by atoms with Crippen molar-refractivity contribution in [3.05, 3.63) is 18.0 Å². The van der Waals surface area contributed by atoms with Crippen LogP contribution in [0, 0.1) is 0 Å². The van der Waals surface area contributed by atoms with Crippen LogP contribution in [0.3, 0.4) is 0 Å². The molecule has 0 fully saturated rings. The molecule has 6 nitrogen and oxygen atoms in total. The lowest BCUT2D eigenvalue weighted by atomic mass is 10.3. The van der Waals surface area contributed by atoms with E-state index in [2.05, 4.69) is 20.0 Å². The highest BCUT2D eigenvalue weighted by Gasteiger charge is 2.04. The normalized spacial score (nSPS) is 10.3. The zero-order valence-corrected chi connectivity index (χ0v) is 11.3. The summed E-state index contributed by atoms with van der Waals surface area (Å²) in [6.45, 7) is 2.16. The van der Waals surface area contributed by atoms with Crippen LogP contribution in [0.2, 0.25) is 0 Å². The number of ether oxygens (including phenoxy) is 2. The van der Waals surface area contributed by atoms with Gasteiger partial charge in [-0.15, -0.1) is 0 Å². The molecule has 0 saturated carbocycles. The quantitative estimate of drug-likeness (QED) is 0.319. The second-order valence-electron chi connectivity index (χ2n) is 3.41. The fourth-order valence-corrected chi connectivity index (χ4v) is 1.72. The Hall–Kier alpha value is -1.18. The number of aromatic nitrogens is 2. The summed E-state index contributed by atoms with van der Waals surface area (Å²) in [7, 11) is 3.02. The second-order valence-corrected chi connectivity index (χ2v) is 4.35. The predicted octanol–water partition coefficient (Wildman–Crippen LogP) is 0.478. The summed E-state index contributed by atoms with van der Waals surface area (Å²) in [5, 5.41) is 3.77. The van der Waals surface area contributed by atoms with Gasteiger partial charge in [0, 0.05) is 38.2 Å². The third-order valence-corrected chi connectivity index (χ3v) is 2.89. The molecule has 1 N–H and O–H groups in total. The highest BCUT2D eigenvalue weighted by Crippen LogP contribution is 2.11. The lowest BCUT2D eigenvalue weighted by molar-refractivity contribution is -0.137. The van der Waals surface area contributed by atoms with Crippen LogP contribution in [0.1, 0.15) is 5.56 Å². The van der Waals surface area contributed by atoms with Crippen LogP contribution in [-0.4, -0.2) is 49.1 Å². The number of nitrogens with zero attached hydrogens (tertiary/aromatic N) is 2. The summed E-state index contributed by atoms with van der Waals surface area (Å²) in [6, 6.07) is 0. The maximum absolute atomic E-state index is 10.9. The molecule has 1 aromatic heterocycles. The standard InChI is InChI=1S/C11H17N3O3S/c1-16-4-3-12-5-9-6-13-11(14-7-9)18-8-10(15)17-2/h6-7,12H,3-5,8H2,1-2H3. The van der Waals surface area contributed by atoms with E-state index in [1.807, 2.05) is 0 Å². The molecule has 1 rings (SSSR count). The van der Waals surface area contributed by atoms with E-state index in [1.165, 1.54) is 18.9 Å². The molecule has 0 saturated heterocycles. The van der Waals surface area contributed by atoms with E-state index in [0.29, 0.717) is 18.3 Å². The Morgan fingerprint density at radius 2 is 2.11 bits per heavy atom. The molecule has 1 aromatic rings. The number of thioether (sulfide) groups is 1. The first-order valence-corrected chi connectivity index (χ1v) is 6.45. The van der Waals surface area contributed by atoms with Crippen molar-refractivity contribution in [2.24, 2.45) is 0 Å². The molecule has 7 heteroatoms. The van der Waals surface area contributed by atoms with Gasteiger partial charge in [0.2, 0.25) is 0 Å². The molecule has 0 unspecified atom stereocenters. The molecule has 0 spiro atoms. The smallest absolute Gasteiger partial charge is 0.316 e. The van der Waals surface area contributed by atoms with E-state index in [-0.39, 0.29) is 11.7 Å². The van der Waals surface area contributed by atoms with Gasteiger partial charge in [0.15, 0.2) is 5.16 Å². The van der Waals surface area contributed by atoms with Crippen LogP contribution in [0.25, 0.3) is 0 Å². The molecule has 0 atom stereocenters. The number of esters is 1. The molecule has 0 aromatic carbocycles. The summed E-state index contributed by atoms with van der Waals surface area (Å²) in [4.78, 5) is 19.2. The number of methoxy groups -OCH3 is 2. The van der Waals surface area contributed by atoms with Crippen LogP contribution in [0.4, 0.5) is 0 Å². The Bertz CT molecular complexity index is 359. The van der Waals surface area contributed by atoms with Crippen molar-refractivity contribution in [3.63, 3.8) is 0 Å². The molecule has 18 heavy (non-hydrogen) atoms. The molecule has 1 heterocycles. The van der Waals surface area contributed by atoms with E-state index in [0.717, 1.165) is 12.1 Å². The van der Waals surface area contributed by atoms with E-state index in [1.54, 1.807) is 19.5 Å². The summed E-state index contributed by atoms with van der Waals surface area (Å²) in [5.41, 5.74) is 0.994. The van der Waals surface area contributed by atoms with Gasteiger partial charge in [-0.2, -0.15) is 0 Å². The van der Waals surface area contributed by atoms with Gasteiger partial charge in [-0.05, 0) is 0 Å². The molecule has 0 aliphatic heterocycles. The Morgan fingerprint density at radius 3 is 2.72 bits per heavy atom. The van der Waals surface area contributed by atoms with Crippen LogP contribution < -0.4 is 5.32 Å². The molecule has 0 aliphatic carbocycles. The van der Waals surface area contributed by atoms with Crippen LogP contribution in [0.15, 0.2) is 17.6 Å². The first-order valence-electron chi connectivity index (χ1n) is 5.46. The number of hydrogen-bond donors (Lipinski definition) is 1. The predicted molar refractivity (Wildman–Crippen MR) is 68.4 cm³/mol. The van der Waals surface area contributed by atoms with Crippen molar-refractivity contribution in [3.8, 4) is 0 Å². The van der Waals surface area contributed by atoms with E-state index in [4.69, 9.17) is 4.74 Å². The van der Waals surface area contributed by atoms with Crippen molar-refractivity contribution in [2.75, 3.05) is 33.1 Å². The molecule has 0 aliphatic rings. The van der Waals surface area contributed by atoms with Gasteiger partial charge in [-0.1, -0.05) is 11.8 Å². The molecule has 100 valence electrons. The monoisotopic (exact) mass is 271 g/mol. The van der Waals surface area contributed by atoms with Crippen LogP contribution in [0.5, 0.6) is 0 Å². The van der Waals surface area contributed by atoms with E-state index < -0.39 is 0 Å². The lowest BCUT2D eigenvalue weighted by Gasteiger charge is -2.04. The molecule has 0 bridgehead atoms. The number of hydrogen-bond acceptors (Lipinski definition) is 7. The largest absolute Gasteiger partial charge is 0.468 e. The van der Waals surface area contributed by atoms with Crippen molar-refractivity contribution in [1.82, 2.24) is 15.3 Å². The van der Waals surface area contributed by atoms with Gasteiger partial charge in [-0.25, -0.2) is 9.97 Å². The summed E-state index contributed by atoms with van der Waals surface area (Å²) in [6.07, 6.45) is 3.48. The minimum Gasteiger partial charge on any atom is -0.468 e. The Kier molecular flexibility index (Phi) is 7.31. The van der Waals surface area contributed by atoms with Gasteiger partial charge in [-0.3, -0.25) is 4.79 Å². The van der Waals surface area contributed by atoms with Crippen LogP contribution in [-0.2, 0) is 20.8 Å². The topological polar surface area (TPSA) is 73.3 Å². The fourth-order valence-electron chi connectivity index (χ4n) is 1.10. The number of rotatable bonds is 8. The summed E-state index contributed by atoms with van der Waals surface area (Å²) < 4.78 is 9.46. The zero-order chi connectivity index (χ0) is 13.2. The SMILES string of the molecule is COCCNCc1cnc(SCC(=O)OC)nc1. The Labute approximate surface area is 110 Å². The zero-order valence-electron chi connectivity index (χ0n) is 10.5. The minimum atomic E-state index is -0.283. The fraction of sp³-hybridized carbons (Fsp3) is 0.545. The highest BCUT2D eigenvalue weighted by atomic mass is 32.2. The molecular formula is C11H17N3O3S. The molecular weight excluding hydrogens is 254 g/mol. The van der Waals surface area contributed by atoms with Gasteiger partial charge in [0.05, 0.1) is 19.5 Å². The van der Waals surface area contributed by atoms with Gasteiger partial charge < -0.3 is 14.8 Å².